The molecule has 2 rings (SSSR count). The molecule has 0 saturated carbocycles. The van der Waals surface area contributed by atoms with Gasteiger partial charge in [-0.2, -0.15) is 0 Å². The van der Waals surface area contributed by atoms with Crippen molar-refractivity contribution in [2.75, 3.05) is 0 Å². The van der Waals surface area contributed by atoms with Crippen molar-refractivity contribution in [3.05, 3.63) is 63.2 Å². The third kappa shape index (κ3) is 3.17. The van der Waals surface area contributed by atoms with Gasteiger partial charge in [-0.25, -0.2) is 4.79 Å². The van der Waals surface area contributed by atoms with Gasteiger partial charge < -0.3 is 9.84 Å². The average molecular weight is 287 g/mol. The second kappa shape index (κ2) is 5.62. The van der Waals surface area contributed by atoms with Gasteiger partial charge in [0.15, 0.2) is 0 Å². The number of ether oxygens (including phenoxy) is 1. The maximum absolute atomic E-state index is 11.1. The van der Waals surface area contributed by atoms with Crippen LogP contribution in [0.3, 0.4) is 0 Å². The van der Waals surface area contributed by atoms with E-state index in [1.165, 1.54) is 13.0 Å². The van der Waals surface area contributed by atoms with Gasteiger partial charge in [-0.15, -0.1) is 0 Å². The number of hydrogen-bond acceptors (Lipinski definition) is 4. The average Bonchev–Trinajstić information content (AvgIpc) is 2.42. The van der Waals surface area contributed by atoms with Gasteiger partial charge in [0.05, 0.1) is 16.1 Å². The minimum absolute atomic E-state index is 0.158. The lowest BCUT2D eigenvalue weighted by Gasteiger charge is -2.10. The molecule has 0 aromatic heterocycles. The minimum Gasteiger partial charge on any atom is -0.478 e. The number of nitrogens with zero attached hydrogens (tertiary/aromatic N) is 1. The van der Waals surface area contributed by atoms with Crippen LogP contribution in [0.2, 0.25) is 0 Å². The summed E-state index contributed by atoms with van der Waals surface area (Å²) in [5.41, 5.74) is 0.862. The van der Waals surface area contributed by atoms with E-state index in [4.69, 9.17) is 9.84 Å². The summed E-state index contributed by atoms with van der Waals surface area (Å²) < 4.78 is 5.58. The van der Waals surface area contributed by atoms with Crippen LogP contribution in [0.15, 0.2) is 36.4 Å². The topological polar surface area (TPSA) is 89.7 Å². The Kier molecular flexibility index (Phi) is 3.89. The molecule has 0 aliphatic rings. The van der Waals surface area contributed by atoms with Crippen molar-refractivity contribution in [1.82, 2.24) is 0 Å². The van der Waals surface area contributed by atoms with Crippen molar-refractivity contribution >= 4 is 11.7 Å². The number of carboxylic acids is 1. The molecule has 0 spiro atoms. The molecule has 0 radical (unpaired) electrons. The van der Waals surface area contributed by atoms with Crippen LogP contribution in [0.25, 0.3) is 0 Å². The predicted molar refractivity (Wildman–Crippen MR) is 76.0 cm³/mol. The molecule has 6 nitrogen and oxygen atoms in total. The standard InChI is InChI=1S/C15H13NO5/c1-9-3-5-12(6-4-9)21-14-8-11(15(17)18)7-13(10(14)2)16(19)20/h3-8H,1-2H3,(H,17,18). The van der Waals surface area contributed by atoms with E-state index in [-0.39, 0.29) is 22.6 Å². The summed E-state index contributed by atoms with van der Waals surface area (Å²) in [6, 6.07) is 9.41. The van der Waals surface area contributed by atoms with Crippen molar-refractivity contribution in [2.24, 2.45) is 0 Å². The van der Waals surface area contributed by atoms with E-state index in [1.807, 2.05) is 19.1 Å². The van der Waals surface area contributed by atoms with E-state index in [2.05, 4.69) is 0 Å². The molecule has 2 aromatic carbocycles. The number of rotatable bonds is 4. The molecule has 1 N–H and O–H groups in total. The Morgan fingerprint density at radius 3 is 2.33 bits per heavy atom. The largest absolute Gasteiger partial charge is 0.478 e. The summed E-state index contributed by atoms with van der Waals surface area (Å²) in [5, 5.41) is 20.0. The van der Waals surface area contributed by atoms with Crippen LogP contribution in [-0.4, -0.2) is 16.0 Å². The zero-order valence-corrected chi connectivity index (χ0v) is 11.5. The molecule has 0 atom stereocenters. The highest BCUT2D eigenvalue weighted by molar-refractivity contribution is 5.89. The van der Waals surface area contributed by atoms with Crippen molar-refractivity contribution in [1.29, 1.82) is 0 Å². The number of benzene rings is 2. The van der Waals surface area contributed by atoms with Gasteiger partial charge in [0.25, 0.3) is 5.69 Å². The van der Waals surface area contributed by atoms with Gasteiger partial charge in [0.2, 0.25) is 0 Å². The zero-order chi connectivity index (χ0) is 15.6. The molecule has 0 unspecified atom stereocenters. The van der Waals surface area contributed by atoms with Gasteiger partial charge in [-0.1, -0.05) is 17.7 Å². The highest BCUT2D eigenvalue weighted by Crippen LogP contribution is 2.33. The van der Waals surface area contributed by atoms with E-state index >= 15 is 0 Å². The van der Waals surface area contributed by atoms with E-state index in [0.717, 1.165) is 11.6 Å². The molecule has 108 valence electrons. The van der Waals surface area contributed by atoms with Gasteiger partial charge in [-0.05, 0) is 32.0 Å². The van der Waals surface area contributed by atoms with Gasteiger partial charge in [0, 0.05) is 6.07 Å². The lowest BCUT2D eigenvalue weighted by molar-refractivity contribution is -0.385. The van der Waals surface area contributed by atoms with Crippen LogP contribution in [0.1, 0.15) is 21.5 Å². The normalized spacial score (nSPS) is 10.2. The van der Waals surface area contributed by atoms with Gasteiger partial charge in [-0.3, -0.25) is 10.1 Å². The summed E-state index contributed by atoms with van der Waals surface area (Å²) in [4.78, 5) is 21.4. The Balaban J connectivity index is 2.48. The van der Waals surface area contributed by atoms with Crippen LogP contribution < -0.4 is 4.74 Å². The molecule has 2 aromatic rings. The lowest BCUT2D eigenvalue weighted by Crippen LogP contribution is -2.02. The summed E-state index contributed by atoms with van der Waals surface area (Å²) in [7, 11) is 0. The van der Waals surface area contributed by atoms with Crippen LogP contribution >= 0.6 is 0 Å². The summed E-state index contributed by atoms with van der Waals surface area (Å²) in [6.07, 6.45) is 0. The zero-order valence-electron chi connectivity index (χ0n) is 11.5. The van der Waals surface area contributed by atoms with E-state index in [0.29, 0.717) is 5.75 Å². The Hall–Kier alpha value is -2.89. The summed E-state index contributed by atoms with van der Waals surface area (Å²) in [5.74, 6) is -0.599. The first-order chi connectivity index (χ1) is 9.88. The van der Waals surface area contributed by atoms with Crippen LogP contribution in [-0.2, 0) is 0 Å². The number of hydrogen-bond donors (Lipinski definition) is 1. The first-order valence-corrected chi connectivity index (χ1v) is 6.15. The molecular formula is C15H13NO5. The Morgan fingerprint density at radius 2 is 1.81 bits per heavy atom. The highest BCUT2D eigenvalue weighted by atomic mass is 16.6. The van der Waals surface area contributed by atoms with Crippen LogP contribution in [0.5, 0.6) is 11.5 Å². The monoisotopic (exact) mass is 287 g/mol. The summed E-state index contributed by atoms with van der Waals surface area (Å²) >= 11 is 0. The predicted octanol–water partition coefficient (Wildman–Crippen LogP) is 3.70. The maximum Gasteiger partial charge on any atom is 0.336 e. The van der Waals surface area contributed by atoms with Crippen molar-refractivity contribution in [3.63, 3.8) is 0 Å². The Bertz CT molecular complexity index is 707. The second-order valence-electron chi connectivity index (χ2n) is 4.60. The van der Waals surface area contributed by atoms with E-state index in [9.17, 15) is 14.9 Å². The van der Waals surface area contributed by atoms with Crippen LogP contribution in [0, 0.1) is 24.0 Å². The van der Waals surface area contributed by atoms with E-state index in [1.54, 1.807) is 12.1 Å². The SMILES string of the molecule is Cc1ccc(Oc2cc(C(=O)O)cc([N+](=O)[O-])c2C)cc1. The first-order valence-electron chi connectivity index (χ1n) is 6.15. The lowest BCUT2D eigenvalue weighted by atomic mass is 10.1. The Morgan fingerprint density at radius 1 is 1.19 bits per heavy atom. The van der Waals surface area contributed by atoms with E-state index < -0.39 is 10.9 Å². The number of nitro benzene ring substituents is 1. The number of aromatic carboxylic acids is 1. The quantitative estimate of drug-likeness (QED) is 0.684. The summed E-state index contributed by atoms with van der Waals surface area (Å²) in [6.45, 7) is 3.44. The third-order valence-corrected chi connectivity index (χ3v) is 3.03. The molecule has 0 aliphatic carbocycles. The molecule has 6 heteroatoms. The first kappa shape index (κ1) is 14.5. The highest BCUT2D eigenvalue weighted by Gasteiger charge is 2.20. The fraction of sp³-hybridized carbons (Fsp3) is 0.133. The molecule has 0 bridgehead atoms. The third-order valence-electron chi connectivity index (χ3n) is 3.03. The number of aryl methyl sites for hydroxylation is 1. The second-order valence-corrected chi connectivity index (χ2v) is 4.60. The van der Waals surface area contributed by atoms with Crippen molar-refractivity contribution in [2.45, 2.75) is 13.8 Å². The Labute approximate surface area is 120 Å². The van der Waals surface area contributed by atoms with Gasteiger partial charge in [0.1, 0.15) is 11.5 Å². The maximum atomic E-state index is 11.1. The molecule has 0 aliphatic heterocycles. The number of carboxylic acid groups (broad SMARTS) is 1. The van der Waals surface area contributed by atoms with Gasteiger partial charge >= 0.3 is 5.97 Å². The number of carbonyl (C=O) groups is 1. The number of nitro groups is 1. The molecule has 0 fully saturated rings. The molecule has 0 heterocycles. The fourth-order valence-corrected chi connectivity index (χ4v) is 1.83. The smallest absolute Gasteiger partial charge is 0.336 e. The van der Waals surface area contributed by atoms with Crippen LogP contribution in [0.4, 0.5) is 5.69 Å². The molecule has 21 heavy (non-hydrogen) atoms. The molecular weight excluding hydrogens is 274 g/mol. The van der Waals surface area contributed by atoms with Crippen molar-refractivity contribution < 1.29 is 19.6 Å². The van der Waals surface area contributed by atoms with Crippen molar-refractivity contribution in [3.8, 4) is 11.5 Å². The minimum atomic E-state index is -1.24. The fourth-order valence-electron chi connectivity index (χ4n) is 1.83. The molecule has 0 amide bonds. The molecule has 0 saturated heterocycles.